The molecular weight excluding hydrogens is 526 g/mol. The van der Waals surface area contributed by atoms with Crippen molar-refractivity contribution in [2.75, 3.05) is 5.32 Å². The maximum absolute atomic E-state index is 12.7. The summed E-state index contributed by atoms with van der Waals surface area (Å²) in [5.41, 5.74) is 4.56. The van der Waals surface area contributed by atoms with Gasteiger partial charge in [0, 0.05) is 12.4 Å². The average Bonchev–Trinajstić information content (AvgIpc) is 3.40. The van der Waals surface area contributed by atoms with E-state index in [4.69, 9.17) is 0 Å². The van der Waals surface area contributed by atoms with Crippen molar-refractivity contribution in [1.82, 2.24) is 29.3 Å². The molecule has 0 saturated carbocycles. The van der Waals surface area contributed by atoms with Gasteiger partial charge in [0.05, 0.1) is 26.9 Å². The summed E-state index contributed by atoms with van der Waals surface area (Å²) in [4.78, 5) is 12.7. The molecule has 3 heterocycles. The zero-order chi connectivity index (χ0) is 22.1. The SMILES string of the molecule is Cc1ccc(Cn2cc(Br)c(NC(=O)c3ccn(Cn4nc(C)c(Br)c4C)n3)n2)cc1. The Balaban J connectivity index is 1.43. The molecule has 31 heavy (non-hydrogen) atoms. The first-order chi connectivity index (χ1) is 14.8. The molecule has 1 amide bonds. The van der Waals surface area contributed by atoms with Gasteiger partial charge in [-0.15, -0.1) is 0 Å². The maximum atomic E-state index is 12.7. The Labute approximate surface area is 196 Å². The Morgan fingerprint density at radius 1 is 1.00 bits per heavy atom. The normalized spacial score (nSPS) is 11.1. The summed E-state index contributed by atoms with van der Waals surface area (Å²) in [6.45, 7) is 7.00. The lowest BCUT2D eigenvalue weighted by atomic mass is 10.1. The van der Waals surface area contributed by atoms with Crippen molar-refractivity contribution in [3.05, 3.63) is 79.9 Å². The monoisotopic (exact) mass is 545 g/mol. The molecule has 0 aliphatic carbocycles. The molecule has 10 heteroatoms. The van der Waals surface area contributed by atoms with Crippen molar-refractivity contribution in [2.45, 2.75) is 34.0 Å². The van der Waals surface area contributed by atoms with Crippen LogP contribution in [0.1, 0.15) is 33.0 Å². The van der Waals surface area contributed by atoms with Crippen molar-refractivity contribution in [3.8, 4) is 0 Å². The van der Waals surface area contributed by atoms with Gasteiger partial charge in [0.15, 0.2) is 11.5 Å². The Hall–Kier alpha value is -2.72. The second-order valence-electron chi connectivity index (χ2n) is 7.33. The minimum atomic E-state index is -0.324. The van der Waals surface area contributed by atoms with Crippen LogP contribution in [0.15, 0.2) is 51.7 Å². The van der Waals surface area contributed by atoms with Crippen molar-refractivity contribution in [2.24, 2.45) is 0 Å². The minimum absolute atomic E-state index is 0.306. The number of hydrogen-bond acceptors (Lipinski definition) is 4. The summed E-state index contributed by atoms with van der Waals surface area (Å²) in [5, 5.41) is 16.1. The van der Waals surface area contributed by atoms with E-state index in [0.29, 0.717) is 29.2 Å². The minimum Gasteiger partial charge on any atom is -0.303 e. The third kappa shape index (κ3) is 4.80. The largest absolute Gasteiger partial charge is 0.303 e. The number of anilines is 1. The first-order valence-corrected chi connectivity index (χ1v) is 11.2. The average molecular weight is 547 g/mol. The number of benzene rings is 1. The smallest absolute Gasteiger partial charge is 0.277 e. The van der Waals surface area contributed by atoms with E-state index in [2.05, 4.69) is 83.7 Å². The molecule has 4 aromatic rings. The highest BCUT2D eigenvalue weighted by Crippen LogP contribution is 2.22. The van der Waals surface area contributed by atoms with Crippen molar-refractivity contribution < 1.29 is 4.79 Å². The highest BCUT2D eigenvalue weighted by molar-refractivity contribution is 9.11. The van der Waals surface area contributed by atoms with Gasteiger partial charge in [0.2, 0.25) is 0 Å². The highest BCUT2D eigenvalue weighted by atomic mass is 79.9. The number of aryl methyl sites for hydroxylation is 2. The molecule has 0 aliphatic heterocycles. The van der Waals surface area contributed by atoms with Gasteiger partial charge >= 0.3 is 0 Å². The van der Waals surface area contributed by atoms with E-state index in [9.17, 15) is 4.79 Å². The summed E-state index contributed by atoms with van der Waals surface area (Å²) < 4.78 is 6.97. The van der Waals surface area contributed by atoms with Crippen LogP contribution in [0.5, 0.6) is 0 Å². The number of halogens is 2. The lowest BCUT2D eigenvalue weighted by molar-refractivity contribution is 0.102. The van der Waals surface area contributed by atoms with Crippen LogP contribution in [0, 0.1) is 20.8 Å². The van der Waals surface area contributed by atoms with Gasteiger partial charge in [0.1, 0.15) is 6.67 Å². The van der Waals surface area contributed by atoms with Crippen LogP contribution in [0.4, 0.5) is 5.82 Å². The van der Waals surface area contributed by atoms with Crippen molar-refractivity contribution in [1.29, 1.82) is 0 Å². The van der Waals surface area contributed by atoms with E-state index in [0.717, 1.165) is 21.4 Å². The van der Waals surface area contributed by atoms with Gasteiger partial charge in [-0.05, 0) is 64.3 Å². The molecule has 160 valence electrons. The predicted molar refractivity (Wildman–Crippen MR) is 125 cm³/mol. The number of amides is 1. The van der Waals surface area contributed by atoms with E-state index in [-0.39, 0.29) is 5.91 Å². The Morgan fingerprint density at radius 2 is 1.74 bits per heavy atom. The molecule has 0 aliphatic rings. The van der Waals surface area contributed by atoms with Crippen LogP contribution in [0.3, 0.4) is 0 Å². The fourth-order valence-corrected chi connectivity index (χ4v) is 3.83. The van der Waals surface area contributed by atoms with E-state index >= 15 is 0 Å². The van der Waals surface area contributed by atoms with Crippen LogP contribution in [-0.2, 0) is 13.2 Å². The lowest BCUT2D eigenvalue weighted by Gasteiger charge is -2.05. The number of rotatable bonds is 6. The number of aromatic nitrogens is 6. The third-order valence-electron chi connectivity index (χ3n) is 4.86. The number of carbonyl (C=O) groups is 1. The molecule has 0 spiro atoms. The zero-order valence-electron chi connectivity index (χ0n) is 17.3. The zero-order valence-corrected chi connectivity index (χ0v) is 20.5. The number of carbonyl (C=O) groups excluding carboxylic acids is 1. The summed E-state index contributed by atoms with van der Waals surface area (Å²) in [6, 6.07) is 9.94. The summed E-state index contributed by atoms with van der Waals surface area (Å²) in [6.07, 6.45) is 3.60. The van der Waals surface area contributed by atoms with E-state index in [1.807, 2.05) is 24.7 Å². The number of hydrogen-bond donors (Lipinski definition) is 1. The van der Waals surface area contributed by atoms with Gasteiger partial charge in [-0.2, -0.15) is 15.3 Å². The Kier molecular flexibility index (Phi) is 6.10. The molecule has 3 aromatic heterocycles. The molecule has 1 N–H and O–H groups in total. The van der Waals surface area contributed by atoms with Crippen LogP contribution < -0.4 is 5.32 Å². The molecule has 0 atom stereocenters. The number of nitrogens with one attached hydrogen (secondary N) is 1. The first kappa shape index (κ1) is 21.5. The van der Waals surface area contributed by atoms with E-state index in [1.54, 1.807) is 21.6 Å². The van der Waals surface area contributed by atoms with Crippen molar-refractivity contribution in [3.63, 3.8) is 0 Å². The summed E-state index contributed by atoms with van der Waals surface area (Å²) in [7, 11) is 0. The topological polar surface area (TPSA) is 82.6 Å². The second kappa shape index (κ2) is 8.80. The molecule has 0 unspecified atom stereocenters. The van der Waals surface area contributed by atoms with E-state index in [1.165, 1.54) is 5.56 Å². The Morgan fingerprint density at radius 3 is 2.42 bits per heavy atom. The van der Waals surface area contributed by atoms with Crippen molar-refractivity contribution >= 4 is 43.6 Å². The third-order valence-corrected chi connectivity index (χ3v) is 6.59. The quantitative estimate of drug-likeness (QED) is 0.385. The second-order valence-corrected chi connectivity index (χ2v) is 8.98. The number of nitrogens with zero attached hydrogens (tertiary/aromatic N) is 6. The Bertz CT molecular complexity index is 1240. The first-order valence-electron chi connectivity index (χ1n) is 9.63. The van der Waals surface area contributed by atoms with Crippen LogP contribution in [0.25, 0.3) is 0 Å². The van der Waals surface area contributed by atoms with E-state index < -0.39 is 0 Å². The van der Waals surface area contributed by atoms with Gasteiger partial charge in [-0.3, -0.25) is 14.2 Å². The van der Waals surface area contributed by atoms with Gasteiger partial charge in [-0.25, -0.2) is 4.68 Å². The molecule has 1 aromatic carbocycles. The fraction of sp³-hybridized carbons (Fsp3) is 0.238. The van der Waals surface area contributed by atoms with Crippen LogP contribution >= 0.6 is 31.9 Å². The summed E-state index contributed by atoms with van der Waals surface area (Å²) in [5.74, 6) is 0.128. The standard InChI is InChI=1S/C21H21Br2N7O/c1-13-4-6-16(7-5-13)10-29-11-17(22)20(27-29)24-21(31)18-8-9-28(26-18)12-30-15(3)19(23)14(2)25-30/h4-9,11H,10,12H2,1-3H3,(H,24,27,31). The molecule has 0 bridgehead atoms. The highest BCUT2D eigenvalue weighted by Gasteiger charge is 2.16. The van der Waals surface area contributed by atoms with Gasteiger partial charge < -0.3 is 5.32 Å². The lowest BCUT2D eigenvalue weighted by Crippen LogP contribution is -2.16. The molecule has 0 radical (unpaired) electrons. The van der Waals surface area contributed by atoms with Gasteiger partial charge in [-0.1, -0.05) is 29.8 Å². The van der Waals surface area contributed by atoms with Crippen LogP contribution in [0.2, 0.25) is 0 Å². The predicted octanol–water partition coefficient (Wildman–Crippen LogP) is 4.53. The molecular formula is C21H21Br2N7O. The van der Waals surface area contributed by atoms with Crippen LogP contribution in [-0.4, -0.2) is 35.2 Å². The molecule has 0 fully saturated rings. The fourth-order valence-electron chi connectivity index (χ4n) is 3.13. The molecule has 4 rings (SSSR count). The van der Waals surface area contributed by atoms with Gasteiger partial charge in [0.25, 0.3) is 5.91 Å². The molecule has 8 nitrogen and oxygen atoms in total. The summed E-state index contributed by atoms with van der Waals surface area (Å²) >= 11 is 6.99. The maximum Gasteiger partial charge on any atom is 0.277 e. The molecule has 0 saturated heterocycles.